The van der Waals surface area contributed by atoms with E-state index in [-0.39, 0.29) is 6.03 Å². The number of halogens is 1. The van der Waals surface area contributed by atoms with Gasteiger partial charge in [-0.1, -0.05) is 11.6 Å². The van der Waals surface area contributed by atoms with Crippen LogP contribution in [0.5, 0.6) is 0 Å². The van der Waals surface area contributed by atoms with Crippen LogP contribution in [0.3, 0.4) is 0 Å². The van der Waals surface area contributed by atoms with E-state index in [1.807, 2.05) is 4.90 Å². The topological polar surface area (TPSA) is 54.5 Å². The third kappa shape index (κ3) is 3.22. The van der Waals surface area contributed by atoms with Crippen LogP contribution in [0.25, 0.3) is 0 Å². The fourth-order valence-electron chi connectivity index (χ4n) is 2.46. The number of carbonyl (C=O) groups excluding carboxylic acids is 1. The average molecular weight is 296 g/mol. The first-order chi connectivity index (χ1) is 9.74. The number of hydrogen-bond acceptors (Lipinski definition) is 3. The summed E-state index contributed by atoms with van der Waals surface area (Å²) in [5, 5.41) is 3.18. The number of amides is 2. The van der Waals surface area contributed by atoms with Gasteiger partial charge in [-0.15, -0.1) is 0 Å². The van der Waals surface area contributed by atoms with Gasteiger partial charge in [0.15, 0.2) is 5.15 Å². The Morgan fingerprint density at radius 1 is 1.50 bits per heavy atom. The van der Waals surface area contributed by atoms with Gasteiger partial charge in [0.25, 0.3) is 0 Å². The van der Waals surface area contributed by atoms with Crippen molar-refractivity contribution in [3.63, 3.8) is 0 Å². The molecular weight excluding hydrogens is 278 g/mol. The van der Waals surface area contributed by atoms with Gasteiger partial charge in [-0.05, 0) is 31.4 Å². The second-order valence-electron chi connectivity index (χ2n) is 5.39. The van der Waals surface area contributed by atoms with Crippen molar-refractivity contribution in [2.75, 3.05) is 25.1 Å². The fraction of sp³-hybridized carbons (Fsp3) is 0.571. The lowest BCUT2D eigenvalue weighted by Gasteiger charge is -2.25. The fourth-order valence-corrected chi connectivity index (χ4v) is 2.62. The molecule has 1 saturated heterocycles. The number of rotatable bonds is 4. The number of nitrogens with one attached hydrogen (secondary N) is 1. The molecule has 1 aliphatic heterocycles. The lowest BCUT2D eigenvalue weighted by molar-refractivity contribution is 0.167. The van der Waals surface area contributed by atoms with Crippen molar-refractivity contribution in [3.05, 3.63) is 23.5 Å². The minimum atomic E-state index is -0.0886. The van der Waals surface area contributed by atoms with Crippen molar-refractivity contribution < 1.29 is 9.53 Å². The summed E-state index contributed by atoms with van der Waals surface area (Å²) in [5.41, 5.74) is 0.562. The Bertz CT molecular complexity index is 487. The Kier molecular flexibility index (Phi) is 4.08. The average Bonchev–Trinajstić information content (AvgIpc) is 3.15. The van der Waals surface area contributed by atoms with Crippen LogP contribution >= 0.6 is 11.6 Å². The van der Waals surface area contributed by atoms with Gasteiger partial charge < -0.3 is 15.0 Å². The van der Waals surface area contributed by atoms with E-state index in [1.165, 1.54) is 0 Å². The van der Waals surface area contributed by atoms with Crippen LogP contribution < -0.4 is 5.32 Å². The van der Waals surface area contributed by atoms with Crippen molar-refractivity contribution in [2.24, 2.45) is 5.92 Å². The highest BCUT2D eigenvalue weighted by molar-refractivity contribution is 6.32. The number of aromatic nitrogens is 1. The molecule has 2 fully saturated rings. The zero-order valence-electron chi connectivity index (χ0n) is 11.2. The molecule has 1 N–H and O–H groups in total. The second-order valence-corrected chi connectivity index (χ2v) is 5.74. The van der Waals surface area contributed by atoms with E-state index in [2.05, 4.69) is 10.3 Å². The summed E-state index contributed by atoms with van der Waals surface area (Å²) in [6.45, 7) is 2.32. The molecule has 108 valence electrons. The quantitative estimate of drug-likeness (QED) is 0.869. The highest BCUT2D eigenvalue weighted by Crippen LogP contribution is 2.30. The Hall–Kier alpha value is -1.33. The monoisotopic (exact) mass is 295 g/mol. The summed E-state index contributed by atoms with van der Waals surface area (Å²) in [6.07, 6.45) is 4.81. The summed E-state index contributed by atoms with van der Waals surface area (Å²) < 4.78 is 5.39. The second kappa shape index (κ2) is 5.97. The molecule has 0 aromatic carbocycles. The minimum Gasteiger partial charge on any atom is -0.381 e. The summed E-state index contributed by atoms with van der Waals surface area (Å²) in [4.78, 5) is 18.3. The van der Waals surface area contributed by atoms with E-state index < -0.39 is 0 Å². The maximum atomic E-state index is 12.4. The first-order valence-electron chi connectivity index (χ1n) is 7.00. The number of carbonyl (C=O) groups is 1. The molecular formula is C14H18ClN3O2. The molecule has 1 unspecified atom stereocenters. The molecule has 5 nitrogen and oxygen atoms in total. The number of ether oxygens (including phenoxy) is 1. The highest BCUT2D eigenvalue weighted by atomic mass is 35.5. The number of nitrogens with zero attached hydrogens (tertiary/aromatic N) is 2. The van der Waals surface area contributed by atoms with Crippen LogP contribution in [0, 0.1) is 5.92 Å². The largest absolute Gasteiger partial charge is 0.381 e. The van der Waals surface area contributed by atoms with Gasteiger partial charge in [0.2, 0.25) is 0 Å². The van der Waals surface area contributed by atoms with Gasteiger partial charge in [0.05, 0.1) is 12.3 Å². The summed E-state index contributed by atoms with van der Waals surface area (Å²) in [5.74, 6) is 0.450. The molecule has 20 heavy (non-hydrogen) atoms. The van der Waals surface area contributed by atoms with Crippen LogP contribution in [0.1, 0.15) is 19.3 Å². The number of anilines is 1. The van der Waals surface area contributed by atoms with E-state index in [0.29, 0.717) is 22.8 Å². The molecule has 0 spiro atoms. The lowest BCUT2D eigenvalue weighted by atomic mass is 10.1. The maximum absolute atomic E-state index is 12.4. The Balaban J connectivity index is 1.64. The third-order valence-electron chi connectivity index (χ3n) is 3.73. The van der Waals surface area contributed by atoms with Crippen molar-refractivity contribution in [1.82, 2.24) is 9.88 Å². The van der Waals surface area contributed by atoms with Crippen molar-refractivity contribution in [1.29, 1.82) is 0 Å². The van der Waals surface area contributed by atoms with Gasteiger partial charge in [0.1, 0.15) is 0 Å². The standard InChI is InChI=1S/C14H18ClN3O2/c15-13-12(2-1-6-16-13)17-14(19)18(11-3-4-11)8-10-5-7-20-9-10/h1-2,6,10-11H,3-5,7-9H2,(H,17,19). The van der Waals surface area contributed by atoms with Gasteiger partial charge in [-0.3, -0.25) is 0 Å². The molecule has 0 bridgehead atoms. The predicted molar refractivity (Wildman–Crippen MR) is 76.9 cm³/mol. The minimum absolute atomic E-state index is 0.0886. The zero-order chi connectivity index (χ0) is 13.9. The smallest absolute Gasteiger partial charge is 0.322 e. The van der Waals surface area contributed by atoms with Crippen LogP contribution in [0.15, 0.2) is 18.3 Å². The molecule has 1 aromatic heterocycles. The SMILES string of the molecule is O=C(Nc1cccnc1Cl)N(CC1CCOC1)C1CC1. The molecule has 1 aromatic rings. The normalized spacial score (nSPS) is 21.8. The van der Waals surface area contributed by atoms with E-state index in [0.717, 1.165) is 39.0 Å². The van der Waals surface area contributed by atoms with Crippen LogP contribution in [-0.4, -0.2) is 41.7 Å². The van der Waals surface area contributed by atoms with Gasteiger partial charge in [-0.2, -0.15) is 0 Å². The van der Waals surface area contributed by atoms with E-state index >= 15 is 0 Å². The number of urea groups is 1. The molecule has 6 heteroatoms. The van der Waals surface area contributed by atoms with Gasteiger partial charge in [0, 0.05) is 31.3 Å². The molecule has 2 amide bonds. The number of pyridine rings is 1. The first kappa shape index (κ1) is 13.6. The van der Waals surface area contributed by atoms with Crippen LogP contribution in [0.4, 0.5) is 10.5 Å². The molecule has 3 rings (SSSR count). The number of hydrogen-bond donors (Lipinski definition) is 1. The Morgan fingerprint density at radius 3 is 3.00 bits per heavy atom. The van der Waals surface area contributed by atoms with Crippen LogP contribution in [0.2, 0.25) is 5.15 Å². The Morgan fingerprint density at radius 2 is 2.35 bits per heavy atom. The molecule has 2 aliphatic rings. The summed E-state index contributed by atoms with van der Waals surface area (Å²) >= 11 is 5.97. The molecule has 0 radical (unpaired) electrons. The zero-order valence-corrected chi connectivity index (χ0v) is 12.0. The van der Waals surface area contributed by atoms with Crippen molar-refractivity contribution in [3.8, 4) is 0 Å². The van der Waals surface area contributed by atoms with Crippen molar-refractivity contribution in [2.45, 2.75) is 25.3 Å². The Labute approximate surface area is 123 Å². The highest BCUT2D eigenvalue weighted by Gasteiger charge is 2.35. The first-order valence-corrected chi connectivity index (χ1v) is 7.37. The lowest BCUT2D eigenvalue weighted by Crippen LogP contribution is -2.40. The molecule has 1 aliphatic carbocycles. The molecule has 1 saturated carbocycles. The predicted octanol–water partition coefficient (Wildman–Crippen LogP) is 2.77. The van der Waals surface area contributed by atoms with E-state index in [9.17, 15) is 4.79 Å². The van der Waals surface area contributed by atoms with Gasteiger partial charge in [-0.25, -0.2) is 9.78 Å². The third-order valence-corrected chi connectivity index (χ3v) is 4.03. The maximum Gasteiger partial charge on any atom is 0.322 e. The van der Waals surface area contributed by atoms with E-state index in [4.69, 9.17) is 16.3 Å². The van der Waals surface area contributed by atoms with Gasteiger partial charge >= 0.3 is 6.03 Å². The summed E-state index contributed by atoms with van der Waals surface area (Å²) in [6, 6.07) is 3.80. The summed E-state index contributed by atoms with van der Waals surface area (Å²) in [7, 11) is 0. The van der Waals surface area contributed by atoms with E-state index in [1.54, 1.807) is 18.3 Å². The van der Waals surface area contributed by atoms with Crippen LogP contribution in [-0.2, 0) is 4.74 Å². The van der Waals surface area contributed by atoms with Crippen molar-refractivity contribution >= 4 is 23.3 Å². The molecule has 2 heterocycles. The molecule has 1 atom stereocenters.